The maximum atomic E-state index is 9.80. The molecule has 2 saturated heterocycles. The summed E-state index contributed by atoms with van der Waals surface area (Å²) in [5.41, 5.74) is 0. The van der Waals surface area contributed by atoms with Crippen LogP contribution in [0.15, 0.2) is 0 Å². The van der Waals surface area contributed by atoms with Gasteiger partial charge < -0.3 is 10.4 Å². The predicted octanol–water partition coefficient (Wildman–Crippen LogP) is 0.145. The Kier molecular flexibility index (Phi) is 3.37. The van der Waals surface area contributed by atoms with Gasteiger partial charge in [0.05, 0.1) is 6.10 Å². The van der Waals surface area contributed by atoms with Crippen LogP contribution in [0.25, 0.3) is 0 Å². The minimum atomic E-state index is -0.169. The standard InChI is InChI=1S/C10H20N2OS/c1-7-5-12(6-8(2)14-7)9-3-11-4-10(9)13/h7-11,13H,3-6H2,1-2H3. The van der Waals surface area contributed by atoms with Crippen LogP contribution in [0.5, 0.6) is 0 Å². The molecule has 2 N–H and O–H groups in total. The zero-order valence-corrected chi connectivity index (χ0v) is 9.76. The zero-order valence-electron chi connectivity index (χ0n) is 8.94. The SMILES string of the molecule is CC1CN(C2CNCC2O)CC(C)S1. The first-order valence-corrected chi connectivity index (χ1v) is 6.39. The van der Waals surface area contributed by atoms with Gasteiger partial charge in [-0.2, -0.15) is 11.8 Å². The van der Waals surface area contributed by atoms with Crippen molar-refractivity contribution in [3.05, 3.63) is 0 Å². The van der Waals surface area contributed by atoms with E-state index in [1.54, 1.807) is 0 Å². The van der Waals surface area contributed by atoms with Crippen molar-refractivity contribution < 1.29 is 5.11 Å². The van der Waals surface area contributed by atoms with Gasteiger partial charge in [0.15, 0.2) is 0 Å². The molecule has 4 atom stereocenters. The van der Waals surface area contributed by atoms with Gasteiger partial charge >= 0.3 is 0 Å². The highest BCUT2D eigenvalue weighted by Gasteiger charge is 2.34. The second-order valence-electron chi connectivity index (χ2n) is 4.50. The lowest BCUT2D eigenvalue weighted by atomic mass is 10.1. The number of β-amino-alcohol motifs (C(OH)–C–C–N with tert-alkyl or cyclic N) is 1. The molecule has 3 nitrogen and oxygen atoms in total. The third-order valence-corrected chi connectivity index (χ3v) is 4.30. The molecule has 2 aliphatic rings. The molecule has 2 fully saturated rings. The highest BCUT2D eigenvalue weighted by atomic mass is 32.2. The van der Waals surface area contributed by atoms with Crippen LogP contribution in [0.3, 0.4) is 0 Å². The molecule has 0 amide bonds. The Bertz CT molecular complexity index is 193. The van der Waals surface area contributed by atoms with Gasteiger partial charge in [-0.3, -0.25) is 4.90 Å². The number of thioether (sulfide) groups is 1. The van der Waals surface area contributed by atoms with E-state index < -0.39 is 0 Å². The van der Waals surface area contributed by atoms with E-state index in [1.165, 1.54) is 0 Å². The van der Waals surface area contributed by atoms with Gasteiger partial charge in [0.2, 0.25) is 0 Å². The average molecular weight is 216 g/mol. The molecule has 2 aliphatic heterocycles. The first kappa shape index (κ1) is 10.7. The Hall–Kier alpha value is 0.230. The van der Waals surface area contributed by atoms with Crippen molar-refractivity contribution in [3.8, 4) is 0 Å². The van der Waals surface area contributed by atoms with E-state index in [-0.39, 0.29) is 6.10 Å². The number of nitrogens with zero attached hydrogens (tertiary/aromatic N) is 1. The van der Waals surface area contributed by atoms with Gasteiger partial charge in [-0.25, -0.2) is 0 Å². The van der Waals surface area contributed by atoms with Gasteiger partial charge in [-0.15, -0.1) is 0 Å². The number of aliphatic hydroxyl groups excluding tert-OH is 1. The van der Waals surface area contributed by atoms with E-state index >= 15 is 0 Å². The zero-order chi connectivity index (χ0) is 10.1. The van der Waals surface area contributed by atoms with Gasteiger partial charge in [-0.1, -0.05) is 13.8 Å². The number of aliphatic hydroxyl groups is 1. The summed E-state index contributed by atoms with van der Waals surface area (Å²) >= 11 is 2.06. The molecule has 0 spiro atoms. The first-order valence-electron chi connectivity index (χ1n) is 5.45. The number of hydrogen-bond acceptors (Lipinski definition) is 4. The van der Waals surface area contributed by atoms with Crippen molar-refractivity contribution >= 4 is 11.8 Å². The summed E-state index contributed by atoms with van der Waals surface area (Å²) < 4.78 is 0. The molecule has 2 rings (SSSR count). The molecule has 0 saturated carbocycles. The Morgan fingerprint density at radius 2 is 1.86 bits per heavy atom. The highest BCUT2D eigenvalue weighted by Crippen LogP contribution is 2.27. The van der Waals surface area contributed by atoms with E-state index in [0.29, 0.717) is 16.5 Å². The summed E-state index contributed by atoms with van der Waals surface area (Å²) in [5.74, 6) is 0. The number of rotatable bonds is 1. The molecule has 4 unspecified atom stereocenters. The maximum Gasteiger partial charge on any atom is 0.0831 e. The Labute approximate surface area is 90.2 Å². The van der Waals surface area contributed by atoms with E-state index in [0.717, 1.165) is 26.2 Å². The van der Waals surface area contributed by atoms with Gasteiger partial charge in [0.25, 0.3) is 0 Å². The van der Waals surface area contributed by atoms with E-state index in [4.69, 9.17) is 0 Å². The van der Waals surface area contributed by atoms with Crippen LogP contribution in [0, 0.1) is 0 Å². The highest BCUT2D eigenvalue weighted by molar-refractivity contribution is 8.00. The number of nitrogens with one attached hydrogen (secondary N) is 1. The summed E-state index contributed by atoms with van der Waals surface area (Å²) in [6.45, 7) is 8.52. The summed E-state index contributed by atoms with van der Waals surface area (Å²) in [7, 11) is 0. The summed E-state index contributed by atoms with van der Waals surface area (Å²) in [6, 6.07) is 0.348. The fourth-order valence-corrected chi connectivity index (χ4v) is 3.86. The van der Waals surface area contributed by atoms with Crippen molar-refractivity contribution in [3.63, 3.8) is 0 Å². The van der Waals surface area contributed by atoms with Crippen molar-refractivity contribution in [2.24, 2.45) is 0 Å². The van der Waals surface area contributed by atoms with Crippen molar-refractivity contribution in [2.45, 2.75) is 36.5 Å². The Morgan fingerprint density at radius 3 is 2.36 bits per heavy atom. The third kappa shape index (κ3) is 2.24. The van der Waals surface area contributed by atoms with Crippen molar-refractivity contribution in [1.29, 1.82) is 0 Å². The average Bonchev–Trinajstić information content (AvgIpc) is 2.49. The fourth-order valence-electron chi connectivity index (χ4n) is 2.51. The fraction of sp³-hybridized carbons (Fsp3) is 1.00. The Morgan fingerprint density at radius 1 is 1.21 bits per heavy atom. The smallest absolute Gasteiger partial charge is 0.0831 e. The molecule has 4 heteroatoms. The molecular weight excluding hydrogens is 196 g/mol. The van der Waals surface area contributed by atoms with Crippen LogP contribution in [-0.4, -0.2) is 58.8 Å². The second kappa shape index (κ2) is 4.39. The van der Waals surface area contributed by atoms with Crippen LogP contribution in [0.1, 0.15) is 13.8 Å². The van der Waals surface area contributed by atoms with Crippen LogP contribution in [0.2, 0.25) is 0 Å². The monoisotopic (exact) mass is 216 g/mol. The molecule has 82 valence electrons. The van der Waals surface area contributed by atoms with Gasteiger partial charge in [0.1, 0.15) is 0 Å². The van der Waals surface area contributed by atoms with E-state index in [2.05, 4.69) is 35.8 Å². The molecule has 0 bridgehead atoms. The van der Waals surface area contributed by atoms with Crippen molar-refractivity contribution in [2.75, 3.05) is 26.2 Å². The van der Waals surface area contributed by atoms with Crippen LogP contribution in [-0.2, 0) is 0 Å². The van der Waals surface area contributed by atoms with Crippen LogP contribution in [0.4, 0.5) is 0 Å². The van der Waals surface area contributed by atoms with E-state index in [1.807, 2.05) is 0 Å². The molecule has 14 heavy (non-hydrogen) atoms. The Balaban J connectivity index is 1.95. The lowest BCUT2D eigenvalue weighted by Crippen LogP contribution is -2.50. The number of hydrogen-bond donors (Lipinski definition) is 2. The third-order valence-electron chi connectivity index (χ3n) is 3.07. The summed E-state index contributed by atoms with van der Waals surface area (Å²) in [4.78, 5) is 2.45. The first-order chi connectivity index (χ1) is 6.66. The van der Waals surface area contributed by atoms with Gasteiger partial charge in [-0.05, 0) is 0 Å². The molecular formula is C10H20N2OS. The van der Waals surface area contributed by atoms with Gasteiger partial charge in [0, 0.05) is 42.7 Å². The quantitative estimate of drug-likeness (QED) is 0.654. The van der Waals surface area contributed by atoms with Crippen molar-refractivity contribution in [1.82, 2.24) is 10.2 Å². The molecule has 0 aromatic carbocycles. The minimum absolute atomic E-state index is 0.169. The maximum absolute atomic E-state index is 9.80. The van der Waals surface area contributed by atoms with Crippen LogP contribution < -0.4 is 5.32 Å². The topological polar surface area (TPSA) is 35.5 Å². The lowest BCUT2D eigenvalue weighted by Gasteiger charge is -2.39. The lowest BCUT2D eigenvalue weighted by molar-refractivity contribution is 0.0821. The predicted molar refractivity (Wildman–Crippen MR) is 60.8 cm³/mol. The molecule has 0 radical (unpaired) electrons. The second-order valence-corrected chi connectivity index (χ2v) is 6.39. The molecule has 2 heterocycles. The largest absolute Gasteiger partial charge is 0.390 e. The molecule has 0 aromatic rings. The van der Waals surface area contributed by atoms with Crippen LogP contribution >= 0.6 is 11.8 Å². The summed E-state index contributed by atoms with van der Waals surface area (Å²) in [5, 5.41) is 14.5. The normalized spacial score (nSPS) is 45.6. The summed E-state index contributed by atoms with van der Waals surface area (Å²) in [6.07, 6.45) is -0.169. The van der Waals surface area contributed by atoms with E-state index in [9.17, 15) is 5.11 Å². The minimum Gasteiger partial charge on any atom is -0.390 e. The molecule has 0 aliphatic carbocycles. The molecule has 0 aromatic heterocycles.